The number of aryl methyl sites for hydroxylation is 1. The smallest absolute Gasteiger partial charge is 0.340 e. The molecule has 9 nitrogen and oxygen atoms in total. The molecular formula is C22H18FN4O5S-. The number of sulfonamides is 1. The van der Waals surface area contributed by atoms with E-state index in [1.54, 1.807) is 31.2 Å². The molecule has 0 unspecified atom stereocenters. The molecule has 0 spiro atoms. The molecule has 2 aromatic carbocycles. The second-order valence-electron chi connectivity index (χ2n) is 7.16. The fourth-order valence-corrected chi connectivity index (χ4v) is 3.58. The Kier molecular flexibility index (Phi) is 6.07. The number of ether oxygens (including phenoxy) is 1. The number of primary sulfonamides is 1. The van der Waals surface area contributed by atoms with Crippen molar-refractivity contribution < 1.29 is 22.0 Å². The van der Waals surface area contributed by atoms with E-state index in [2.05, 4.69) is 15.3 Å². The maximum absolute atomic E-state index is 14.9. The summed E-state index contributed by atoms with van der Waals surface area (Å²) < 4.78 is 48.2. The van der Waals surface area contributed by atoms with Gasteiger partial charge in [0.2, 0.25) is 0 Å². The van der Waals surface area contributed by atoms with Gasteiger partial charge in [-0.15, -0.1) is 5.69 Å². The molecule has 2 heterocycles. The van der Waals surface area contributed by atoms with Gasteiger partial charge in [0, 0.05) is 35.8 Å². The molecule has 0 saturated carbocycles. The summed E-state index contributed by atoms with van der Waals surface area (Å²) in [5.74, 6) is -1.09. The topological polar surface area (TPSA) is 139 Å². The monoisotopic (exact) mass is 469 g/mol. The standard InChI is InChI=1S/C22H18FN4O5S/c1-13-16-7-6-15(31-22-25-8-3-9-26-22)11-19(16)32-21(28)17(13)10-14-4-2-5-18(20(14)23)27-12-33(24,29)30/h2-9,11H,10,12H2,1H3,(H2,24,29,30)/q-1. The fourth-order valence-electron chi connectivity index (χ4n) is 3.26. The lowest BCUT2D eigenvalue weighted by Crippen LogP contribution is -2.15. The molecular weight excluding hydrogens is 451 g/mol. The molecule has 0 radical (unpaired) electrons. The minimum absolute atomic E-state index is 0.0647. The van der Waals surface area contributed by atoms with Gasteiger partial charge in [-0.2, -0.15) is 0 Å². The molecule has 4 rings (SSSR count). The fraction of sp³-hybridized carbons (Fsp3) is 0.136. The van der Waals surface area contributed by atoms with Gasteiger partial charge in [0.1, 0.15) is 17.1 Å². The Morgan fingerprint density at radius 3 is 2.64 bits per heavy atom. The Morgan fingerprint density at radius 1 is 1.15 bits per heavy atom. The van der Waals surface area contributed by atoms with E-state index in [0.29, 0.717) is 22.3 Å². The first kappa shape index (κ1) is 22.4. The van der Waals surface area contributed by atoms with Crippen LogP contribution in [0.4, 0.5) is 10.1 Å². The number of halogens is 1. The predicted molar refractivity (Wildman–Crippen MR) is 120 cm³/mol. The first-order valence-electron chi connectivity index (χ1n) is 9.68. The van der Waals surface area contributed by atoms with E-state index in [0.717, 1.165) is 0 Å². The number of hydrogen-bond acceptors (Lipinski definition) is 7. The molecule has 33 heavy (non-hydrogen) atoms. The molecule has 0 aliphatic rings. The number of rotatable bonds is 7. The second kappa shape index (κ2) is 8.96. The highest BCUT2D eigenvalue weighted by Gasteiger charge is 2.15. The largest absolute Gasteiger partial charge is 0.669 e. The van der Waals surface area contributed by atoms with Gasteiger partial charge in [0.05, 0.1) is 0 Å². The Bertz CT molecular complexity index is 1490. The van der Waals surface area contributed by atoms with Crippen LogP contribution in [0.5, 0.6) is 11.8 Å². The van der Waals surface area contributed by atoms with Gasteiger partial charge >= 0.3 is 11.6 Å². The normalized spacial score (nSPS) is 11.5. The van der Waals surface area contributed by atoms with Gasteiger partial charge in [0.25, 0.3) is 0 Å². The summed E-state index contributed by atoms with van der Waals surface area (Å²) in [5, 5.41) is 9.29. The Balaban J connectivity index is 1.65. The zero-order chi connectivity index (χ0) is 23.6. The average molecular weight is 469 g/mol. The van der Waals surface area contributed by atoms with Crippen molar-refractivity contribution in [3.8, 4) is 11.8 Å². The number of nitrogens with zero attached hydrogens (tertiary/aromatic N) is 3. The highest BCUT2D eigenvalue weighted by atomic mass is 32.2. The van der Waals surface area contributed by atoms with E-state index in [9.17, 15) is 17.6 Å². The van der Waals surface area contributed by atoms with E-state index < -0.39 is 27.3 Å². The van der Waals surface area contributed by atoms with Gasteiger partial charge in [-0.1, -0.05) is 18.2 Å². The lowest BCUT2D eigenvalue weighted by atomic mass is 9.99. The number of fused-ring (bicyclic) bond motifs is 1. The van der Waals surface area contributed by atoms with Crippen molar-refractivity contribution in [1.82, 2.24) is 9.97 Å². The summed E-state index contributed by atoms with van der Waals surface area (Å²) in [6.07, 6.45) is 3.01. The van der Waals surface area contributed by atoms with Crippen LogP contribution in [-0.2, 0) is 16.4 Å². The quantitative estimate of drug-likeness (QED) is 0.407. The number of aromatic nitrogens is 2. The summed E-state index contributed by atoms with van der Waals surface area (Å²) in [7, 11) is -3.89. The molecule has 0 atom stereocenters. The third-order valence-electron chi connectivity index (χ3n) is 4.85. The SMILES string of the molecule is Cc1c(Cc2cccc([N-]CS(N)(=O)=O)c2F)c(=O)oc2cc(Oc3ncccn3)ccc12. The van der Waals surface area contributed by atoms with E-state index in [4.69, 9.17) is 14.3 Å². The van der Waals surface area contributed by atoms with Gasteiger partial charge in [0.15, 0.2) is 10.0 Å². The second-order valence-corrected chi connectivity index (χ2v) is 8.75. The van der Waals surface area contributed by atoms with Gasteiger partial charge in [-0.3, -0.25) is 0 Å². The molecule has 0 aliphatic carbocycles. The minimum atomic E-state index is -3.89. The summed E-state index contributed by atoms with van der Waals surface area (Å²) in [5.41, 5.74) is 0.572. The summed E-state index contributed by atoms with van der Waals surface area (Å²) >= 11 is 0. The van der Waals surface area contributed by atoms with Crippen molar-refractivity contribution in [1.29, 1.82) is 0 Å². The van der Waals surface area contributed by atoms with E-state index in [-0.39, 0.29) is 29.2 Å². The van der Waals surface area contributed by atoms with Gasteiger partial charge < -0.3 is 14.5 Å². The predicted octanol–water partition coefficient (Wildman–Crippen LogP) is 3.66. The average Bonchev–Trinajstić information content (AvgIpc) is 2.77. The van der Waals surface area contributed by atoms with Crippen LogP contribution in [0.25, 0.3) is 16.3 Å². The third kappa shape index (κ3) is 5.16. The van der Waals surface area contributed by atoms with Crippen LogP contribution < -0.4 is 15.5 Å². The van der Waals surface area contributed by atoms with Gasteiger partial charge in [-0.05, 0) is 42.1 Å². The van der Waals surface area contributed by atoms with Crippen LogP contribution in [-0.4, -0.2) is 24.3 Å². The Morgan fingerprint density at radius 2 is 1.91 bits per heavy atom. The first-order valence-corrected chi connectivity index (χ1v) is 11.4. The van der Waals surface area contributed by atoms with Crippen LogP contribution in [0, 0.1) is 12.7 Å². The van der Waals surface area contributed by atoms with Crippen LogP contribution in [0.15, 0.2) is 64.1 Å². The van der Waals surface area contributed by atoms with Crippen molar-refractivity contribution in [3.05, 3.63) is 93.1 Å². The summed E-state index contributed by atoms with van der Waals surface area (Å²) in [4.78, 5) is 20.7. The van der Waals surface area contributed by atoms with Gasteiger partial charge in [-0.25, -0.2) is 32.7 Å². The molecule has 170 valence electrons. The van der Waals surface area contributed by atoms with Crippen LogP contribution in [0.2, 0.25) is 0 Å². The van der Waals surface area contributed by atoms with Crippen molar-refractivity contribution in [3.63, 3.8) is 0 Å². The number of nitrogens with two attached hydrogens (primary N) is 1. The van der Waals surface area contributed by atoms with Crippen LogP contribution >= 0.6 is 0 Å². The van der Waals surface area contributed by atoms with Crippen molar-refractivity contribution in [2.75, 3.05) is 5.88 Å². The number of hydrogen-bond donors (Lipinski definition) is 1. The van der Waals surface area contributed by atoms with E-state index in [1.165, 1.54) is 30.6 Å². The van der Waals surface area contributed by atoms with E-state index in [1.807, 2.05) is 0 Å². The lowest BCUT2D eigenvalue weighted by Gasteiger charge is -2.21. The van der Waals surface area contributed by atoms with Crippen molar-refractivity contribution in [2.45, 2.75) is 13.3 Å². The zero-order valence-corrected chi connectivity index (χ0v) is 18.2. The van der Waals surface area contributed by atoms with Crippen LogP contribution in [0.3, 0.4) is 0 Å². The Hall–Kier alpha value is -3.83. The molecule has 11 heteroatoms. The molecule has 2 aromatic heterocycles. The molecule has 0 fully saturated rings. The molecule has 0 bridgehead atoms. The highest BCUT2D eigenvalue weighted by molar-refractivity contribution is 7.89. The molecule has 2 N–H and O–H groups in total. The maximum atomic E-state index is 14.9. The van der Waals surface area contributed by atoms with Crippen LogP contribution in [0.1, 0.15) is 16.7 Å². The highest BCUT2D eigenvalue weighted by Crippen LogP contribution is 2.30. The maximum Gasteiger partial charge on any atom is 0.340 e. The van der Waals surface area contributed by atoms with Crippen molar-refractivity contribution in [2.24, 2.45) is 5.14 Å². The summed E-state index contributed by atoms with van der Waals surface area (Å²) in [6.45, 7) is 1.74. The summed E-state index contributed by atoms with van der Waals surface area (Å²) in [6, 6.07) is 11.1. The van der Waals surface area contributed by atoms with Crippen molar-refractivity contribution >= 4 is 26.7 Å². The minimum Gasteiger partial charge on any atom is -0.669 e. The molecule has 0 aliphatic heterocycles. The lowest BCUT2D eigenvalue weighted by molar-refractivity contribution is 0.440. The number of benzene rings is 2. The Labute approximate surface area is 188 Å². The first-order chi connectivity index (χ1) is 15.7. The van der Waals surface area contributed by atoms with E-state index >= 15 is 0 Å². The third-order valence-corrected chi connectivity index (χ3v) is 5.34. The zero-order valence-electron chi connectivity index (χ0n) is 17.4. The molecule has 0 amide bonds. The molecule has 0 saturated heterocycles. The molecule has 4 aromatic rings.